The van der Waals surface area contributed by atoms with Crippen LogP contribution < -0.4 is 9.64 Å². The van der Waals surface area contributed by atoms with E-state index in [9.17, 15) is 0 Å². The van der Waals surface area contributed by atoms with Crippen LogP contribution in [0.1, 0.15) is 61.2 Å². The zero-order chi connectivity index (χ0) is 24.2. The molecule has 1 fully saturated rings. The summed E-state index contributed by atoms with van der Waals surface area (Å²) in [5.41, 5.74) is 4.34. The Morgan fingerprint density at radius 3 is 2.57 bits per heavy atom. The standard InChI is InChI=1S/C27H35ClN4O2.ClH/c1-6-13-31(24(15-20-11-12-20)22-10-8-7-9-21(22)17-33-4)27-29-19(3)32(30-27)25-14-18(2)26(34-5)16-23(25)28;/h7-10,14,16,20,24H,6,11-13,15,17H2,1-5H3;1H/t24-;/m0./s1. The van der Waals surface area contributed by atoms with Gasteiger partial charge in [0.1, 0.15) is 11.6 Å². The number of aryl methyl sites for hydroxylation is 2. The van der Waals surface area contributed by atoms with Gasteiger partial charge in [0.15, 0.2) is 0 Å². The second-order valence-electron chi connectivity index (χ2n) is 9.16. The van der Waals surface area contributed by atoms with Crippen LogP contribution in [0.15, 0.2) is 36.4 Å². The highest BCUT2D eigenvalue weighted by Crippen LogP contribution is 2.42. The van der Waals surface area contributed by atoms with Gasteiger partial charge in [0.05, 0.1) is 30.5 Å². The number of aromatic nitrogens is 3. The Balaban J connectivity index is 0.00000342. The molecule has 4 rings (SSSR count). The van der Waals surface area contributed by atoms with Crippen LogP contribution in [-0.4, -0.2) is 35.5 Å². The summed E-state index contributed by atoms with van der Waals surface area (Å²) in [6.45, 7) is 7.66. The maximum absolute atomic E-state index is 6.63. The first kappa shape index (κ1) is 27.3. The zero-order valence-electron chi connectivity index (χ0n) is 21.3. The van der Waals surface area contributed by atoms with Crippen molar-refractivity contribution < 1.29 is 9.47 Å². The minimum atomic E-state index is 0. The van der Waals surface area contributed by atoms with Gasteiger partial charge < -0.3 is 14.4 Å². The van der Waals surface area contributed by atoms with Crippen LogP contribution in [0.25, 0.3) is 5.69 Å². The normalized spacial score (nSPS) is 13.9. The van der Waals surface area contributed by atoms with Crippen LogP contribution in [0, 0.1) is 19.8 Å². The summed E-state index contributed by atoms with van der Waals surface area (Å²) in [7, 11) is 3.41. The lowest BCUT2D eigenvalue weighted by molar-refractivity contribution is 0.183. The molecule has 1 heterocycles. The molecule has 1 atom stereocenters. The summed E-state index contributed by atoms with van der Waals surface area (Å²) in [6.07, 6.45) is 4.69. The van der Waals surface area contributed by atoms with Gasteiger partial charge >= 0.3 is 0 Å². The first-order valence-electron chi connectivity index (χ1n) is 12.1. The molecular formula is C27H36Cl2N4O2. The Labute approximate surface area is 220 Å². The fourth-order valence-corrected chi connectivity index (χ4v) is 4.86. The van der Waals surface area contributed by atoms with E-state index in [-0.39, 0.29) is 18.4 Å². The van der Waals surface area contributed by atoms with Gasteiger partial charge in [-0.2, -0.15) is 4.98 Å². The summed E-state index contributed by atoms with van der Waals surface area (Å²) in [5, 5.41) is 5.57. The van der Waals surface area contributed by atoms with Crippen molar-refractivity contribution in [2.45, 2.75) is 59.1 Å². The van der Waals surface area contributed by atoms with Gasteiger partial charge in [-0.05, 0) is 55.4 Å². The van der Waals surface area contributed by atoms with Crippen molar-refractivity contribution in [2.24, 2.45) is 5.92 Å². The Bertz CT molecular complexity index is 1130. The highest BCUT2D eigenvalue weighted by molar-refractivity contribution is 6.32. The maximum Gasteiger partial charge on any atom is 0.245 e. The molecule has 1 aromatic heterocycles. The predicted molar refractivity (Wildman–Crippen MR) is 145 cm³/mol. The molecule has 0 radical (unpaired) electrons. The summed E-state index contributed by atoms with van der Waals surface area (Å²) in [5.74, 6) is 3.06. The van der Waals surface area contributed by atoms with Gasteiger partial charge in [0, 0.05) is 19.7 Å². The first-order chi connectivity index (χ1) is 16.5. The maximum atomic E-state index is 6.63. The number of benzene rings is 2. The molecule has 6 nitrogen and oxygen atoms in total. The van der Waals surface area contributed by atoms with Gasteiger partial charge in [-0.1, -0.05) is 55.6 Å². The monoisotopic (exact) mass is 518 g/mol. The Kier molecular flexibility index (Phi) is 9.45. The molecule has 0 N–H and O–H groups in total. The van der Waals surface area contributed by atoms with Gasteiger partial charge in [-0.25, -0.2) is 4.68 Å². The average molecular weight is 520 g/mol. The second kappa shape index (κ2) is 12.1. The number of hydrogen-bond acceptors (Lipinski definition) is 5. The van der Waals surface area contributed by atoms with E-state index in [0.29, 0.717) is 11.6 Å². The number of nitrogens with zero attached hydrogens (tertiary/aromatic N) is 4. The number of ether oxygens (including phenoxy) is 2. The number of anilines is 1. The molecule has 3 aromatic rings. The van der Waals surface area contributed by atoms with E-state index in [0.717, 1.165) is 54.1 Å². The summed E-state index contributed by atoms with van der Waals surface area (Å²) >= 11 is 6.63. The van der Waals surface area contributed by atoms with Crippen LogP contribution in [0.5, 0.6) is 5.75 Å². The molecule has 190 valence electrons. The van der Waals surface area contributed by atoms with Crippen molar-refractivity contribution in [2.75, 3.05) is 25.7 Å². The van der Waals surface area contributed by atoms with E-state index in [1.165, 1.54) is 24.0 Å². The van der Waals surface area contributed by atoms with E-state index in [4.69, 9.17) is 31.2 Å². The minimum Gasteiger partial charge on any atom is -0.496 e. The van der Waals surface area contributed by atoms with Crippen LogP contribution >= 0.6 is 24.0 Å². The van der Waals surface area contributed by atoms with Crippen LogP contribution in [0.2, 0.25) is 5.02 Å². The van der Waals surface area contributed by atoms with Gasteiger partial charge in [-0.3, -0.25) is 0 Å². The molecule has 1 aliphatic carbocycles. The van der Waals surface area contributed by atoms with Crippen LogP contribution in [0.3, 0.4) is 0 Å². The highest BCUT2D eigenvalue weighted by atomic mass is 35.5. The van der Waals surface area contributed by atoms with Crippen LogP contribution in [-0.2, 0) is 11.3 Å². The summed E-state index contributed by atoms with van der Waals surface area (Å²) in [4.78, 5) is 7.30. The third-order valence-corrected chi connectivity index (χ3v) is 6.82. The molecule has 8 heteroatoms. The molecule has 0 bridgehead atoms. The molecule has 1 aliphatic rings. The molecule has 2 aromatic carbocycles. The molecule has 0 amide bonds. The Morgan fingerprint density at radius 1 is 1.17 bits per heavy atom. The molecule has 35 heavy (non-hydrogen) atoms. The SMILES string of the molecule is CCCN(c1nc(C)n(-c2cc(C)c(OC)cc2Cl)n1)[C@@H](CC1CC1)c1ccccc1COC.Cl. The largest absolute Gasteiger partial charge is 0.496 e. The van der Waals surface area contributed by atoms with Crippen molar-refractivity contribution >= 4 is 30.0 Å². The average Bonchev–Trinajstić information content (AvgIpc) is 3.57. The fraction of sp³-hybridized carbons (Fsp3) is 0.481. The van der Waals surface area contributed by atoms with Gasteiger partial charge in [-0.15, -0.1) is 17.5 Å². The quantitative estimate of drug-likeness (QED) is 0.277. The topological polar surface area (TPSA) is 52.4 Å². The first-order valence-corrected chi connectivity index (χ1v) is 12.5. The van der Waals surface area contributed by atoms with E-state index < -0.39 is 0 Å². The number of hydrogen-bond donors (Lipinski definition) is 0. The molecule has 0 saturated heterocycles. The number of rotatable bonds is 11. The van der Waals surface area contributed by atoms with E-state index in [1.807, 2.05) is 30.7 Å². The van der Waals surface area contributed by atoms with Crippen molar-refractivity contribution in [3.8, 4) is 11.4 Å². The van der Waals surface area contributed by atoms with Crippen molar-refractivity contribution in [1.82, 2.24) is 14.8 Å². The molecular weight excluding hydrogens is 483 g/mol. The van der Waals surface area contributed by atoms with E-state index in [1.54, 1.807) is 14.2 Å². The molecule has 0 unspecified atom stereocenters. The van der Waals surface area contributed by atoms with Crippen molar-refractivity contribution in [3.63, 3.8) is 0 Å². The lowest BCUT2D eigenvalue weighted by Crippen LogP contribution is -2.32. The van der Waals surface area contributed by atoms with Gasteiger partial charge in [0.2, 0.25) is 5.95 Å². The third kappa shape index (κ3) is 6.11. The fourth-order valence-electron chi connectivity index (χ4n) is 4.63. The predicted octanol–water partition coefficient (Wildman–Crippen LogP) is 6.87. The minimum absolute atomic E-state index is 0. The number of methoxy groups -OCH3 is 2. The smallest absolute Gasteiger partial charge is 0.245 e. The van der Waals surface area contributed by atoms with E-state index >= 15 is 0 Å². The number of halogens is 2. The Morgan fingerprint density at radius 2 is 1.91 bits per heavy atom. The second-order valence-corrected chi connectivity index (χ2v) is 9.57. The highest BCUT2D eigenvalue weighted by Gasteiger charge is 2.32. The van der Waals surface area contributed by atoms with Gasteiger partial charge in [0.25, 0.3) is 0 Å². The lowest BCUT2D eigenvalue weighted by atomic mass is 9.95. The summed E-state index contributed by atoms with van der Waals surface area (Å²) < 4.78 is 12.8. The van der Waals surface area contributed by atoms with E-state index in [2.05, 4.69) is 36.1 Å². The van der Waals surface area contributed by atoms with Crippen LogP contribution in [0.4, 0.5) is 5.95 Å². The summed E-state index contributed by atoms with van der Waals surface area (Å²) in [6, 6.07) is 12.6. The Hall–Kier alpha value is -2.28. The lowest BCUT2D eigenvalue weighted by Gasteiger charge is -2.32. The van der Waals surface area contributed by atoms with Crippen molar-refractivity contribution in [3.05, 3.63) is 63.9 Å². The molecule has 0 spiro atoms. The van der Waals surface area contributed by atoms with Crippen molar-refractivity contribution in [1.29, 1.82) is 0 Å². The molecule has 0 aliphatic heterocycles. The molecule has 1 saturated carbocycles. The zero-order valence-corrected chi connectivity index (χ0v) is 22.8. The third-order valence-electron chi connectivity index (χ3n) is 6.52.